The van der Waals surface area contributed by atoms with Crippen molar-refractivity contribution in [3.63, 3.8) is 0 Å². The Morgan fingerprint density at radius 1 is 1.04 bits per heavy atom. The number of ether oxygens (including phenoxy) is 2. The van der Waals surface area contributed by atoms with Crippen LogP contribution in [0, 0.1) is 5.82 Å². The Balaban J connectivity index is 1.54. The highest BCUT2D eigenvalue weighted by Gasteiger charge is 2.27. The maximum Gasteiger partial charge on any atom is 0.231 e. The standard InChI is InChI=1S/C22H14ClFO3/c23-18-7-4-8-19(24)17(18)13-26-15-9-10-16-20(12-15)27-21(22(16)25)11-14-5-2-1-3-6-14/h1-12H,13H2. The van der Waals surface area contributed by atoms with E-state index in [9.17, 15) is 9.18 Å². The second-order valence-electron chi connectivity index (χ2n) is 6.00. The zero-order chi connectivity index (χ0) is 18.8. The second-order valence-corrected chi connectivity index (χ2v) is 6.40. The SMILES string of the molecule is O=C1C(=Cc2ccccc2)Oc2cc(OCc3c(F)cccc3Cl)ccc21. The van der Waals surface area contributed by atoms with Gasteiger partial charge in [-0.25, -0.2) is 4.39 Å². The van der Waals surface area contributed by atoms with Gasteiger partial charge in [-0.05, 0) is 35.9 Å². The lowest BCUT2D eigenvalue weighted by Gasteiger charge is -2.09. The van der Waals surface area contributed by atoms with E-state index in [0.29, 0.717) is 22.1 Å². The van der Waals surface area contributed by atoms with Crippen molar-refractivity contribution in [2.45, 2.75) is 6.61 Å². The molecule has 0 saturated carbocycles. The molecule has 1 aliphatic rings. The first-order valence-corrected chi connectivity index (χ1v) is 8.68. The maximum atomic E-state index is 13.8. The van der Waals surface area contributed by atoms with Crippen molar-refractivity contribution in [2.24, 2.45) is 0 Å². The molecule has 0 aromatic heterocycles. The summed E-state index contributed by atoms with van der Waals surface area (Å²) in [6, 6.07) is 18.8. The van der Waals surface area contributed by atoms with Gasteiger partial charge in [0, 0.05) is 11.6 Å². The smallest absolute Gasteiger partial charge is 0.231 e. The van der Waals surface area contributed by atoms with Crippen molar-refractivity contribution < 1.29 is 18.7 Å². The fraction of sp³-hybridized carbons (Fsp3) is 0.0455. The molecule has 1 heterocycles. The van der Waals surface area contributed by atoms with Crippen LogP contribution in [0.5, 0.6) is 11.5 Å². The lowest BCUT2D eigenvalue weighted by molar-refractivity contribution is 0.101. The Kier molecular flexibility index (Phi) is 4.65. The first kappa shape index (κ1) is 17.3. The average Bonchev–Trinajstić information content (AvgIpc) is 2.97. The van der Waals surface area contributed by atoms with E-state index in [2.05, 4.69) is 0 Å². The van der Waals surface area contributed by atoms with E-state index in [1.165, 1.54) is 12.1 Å². The number of hydrogen-bond donors (Lipinski definition) is 0. The van der Waals surface area contributed by atoms with E-state index in [4.69, 9.17) is 21.1 Å². The summed E-state index contributed by atoms with van der Waals surface area (Å²) in [4.78, 5) is 12.5. The molecule has 3 aromatic carbocycles. The Morgan fingerprint density at radius 3 is 2.63 bits per heavy atom. The molecule has 0 bridgehead atoms. The van der Waals surface area contributed by atoms with Gasteiger partial charge in [-0.1, -0.05) is 48.0 Å². The van der Waals surface area contributed by atoms with Crippen molar-refractivity contribution >= 4 is 23.5 Å². The Labute approximate surface area is 160 Å². The minimum Gasteiger partial charge on any atom is -0.489 e. The third-order valence-corrected chi connectivity index (χ3v) is 4.54. The highest BCUT2D eigenvalue weighted by molar-refractivity contribution is 6.31. The van der Waals surface area contributed by atoms with E-state index < -0.39 is 5.82 Å². The number of allylic oxidation sites excluding steroid dienone is 1. The lowest BCUT2D eigenvalue weighted by Crippen LogP contribution is -1.99. The number of rotatable bonds is 4. The highest BCUT2D eigenvalue weighted by atomic mass is 35.5. The normalized spacial score (nSPS) is 14.1. The van der Waals surface area contributed by atoms with Crippen molar-refractivity contribution in [1.82, 2.24) is 0 Å². The van der Waals surface area contributed by atoms with Crippen LogP contribution in [-0.4, -0.2) is 5.78 Å². The molecule has 0 unspecified atom stereocenters. The van der Waals surface area contributed by atoms with Gasteiger partial charge in [-0.2, -0.15) is 0 Å². The Bertz CT molecular complexity index is 1020. The van der Waals surface area contributed by atoms with Crippen LogP contribution in [0.4, 0.5) is 4.39 Å². The molecule has 0 fully saturated rings. The molecule has 4 rings (SSSR count). The Hall–Kier alpha value is -3.11. The summed E-state index contributed by atoms with van der Waals surface area (Å²) < 4.78 is 25.2. The van der Waals surface area contributed by atoms with Gasteiger partial charge >= 0.3 is 0 Å². The quantitative estimate of drug-likeness (QED) is 0.547. The molecule has 3 aromatic rings. The van der Waals surface area contributed by atoms with Gasteiger partial charge in [0.15, 0.2) is 5.76 Å². The number of ketones is 1. The molecule has 27 heavy (non-hydrogen) atoms. The number of Topliss-reactive ketones (excluding diaryl/α,β-unsaturated/α-hetero) is 1. The third-order valence-electron chi connectivity index (χ3n) is 4.18. The molecule has 0 N–H and O–H groups in total. The fourth-order valence-corrected chi connectivity index (χ4v) is 3.00. The first-order valence-electron chi connectivity index (χ1n) is 8.31. The summed E-state index contributed by atoms with van der Waals surface area (Å²) in [6.45, 7) is -0.0229. The summed E-state index contributed by atoms with van der Waals surface area (Å²) in [5.74, 6) is 0.521. The zero-order valence-electron chi connectivity index (χ0n) is 14.1. The molecule has 0 saturated heterocycles. The van der Waals surface area contributed by atoms with Crippen molar-refractivity contribution in [2.75, 3.05) is 0 Å². The predicted molar refractivity (Wildman–Crippen MR) is 102 cm³/mol. The molecule has 0 radical (unpaired) electrons. The number of carbonyl (C=O) groups excluding carboxylic acids is 1. The molecule has 3 nitrogen and oxygen atoms in total. The van der Waals surface area contributed by atoms with Crippen LogP contribution in [0.2, 0.25) is 5.02 Å². The van der Waals surface area contributed by atoms with Crippen LogP contribution in [0.1, 0.15) is 21.5 Å². The Morgan fingerprint density at radius 2 is 1.85 bits per heavy atom. The monoisotopic (exact) mass is 380 g/mol. The van der Waals surface area contributed by atoms with Crippen molar-refractivity contribution in [3.05, 3.63) is 100 Å². The molecule has 5 heteroatoms. The lowest BCUT2D eigenvalue weighted by atomic mass is 10.1. The number of fused-ring (bicyclic) bond motifs is 1. The largest absolute Gasteiger partial charge is 0.489 e. The van der Waals surface area contributed by atoms with Crippen LogP contribution < -0.4 is 9.47 Å². The van der Waals surface area contributed by atoms with Crippen molar-refractivity contribution in [3.8, 4) is 11.5 Å². The maximum absolute atomic E-state index is 13.8. The molecule has 0 aliphatic carbocycles. The van der Waals surface area contributed by atoms with E-state index in [0.717, 1.165) is 5.56 Å². The average molecular weight is 381 g/mol. The third kappa shape index (κ3) is 3.57. The number of halogens is 2. The van der Waals surface area contributed by atoms with Crippen LogP contribution >= 0.6 is 11.6 Å². The number of hydrogen-bond acceptors (Lipinski definition) is 3. The van der Waals surface area contributed by atoms with E-state index in [-0.39, 0.29) is 23.7 Å². The van der Waals surface area contributed by atoms with E-state index in [1.807, 2.05) is 30.3 Å². The molecule has 1 aliphatic heterocycles. The molecule has 134 valence electrons. The molecular weight excluding hydrogens is 367 g/mol. The van der Waals surface area contributed by atoms with E-state index in [1.54, 1.807) is 30.3 Å². The number of carbonyl (C=O) groups is 1. The summed E-state index contributed by atoms with van der Waals surface area (Å²) in [5, 5.41) is 0.302. The van der Waals surface area contributed by atoms with Gasteiger partial charge in [0.05, 0.1) is 10.6 Å². The van der Waals surface area contributed by atoms with Crippen LogP contribution in [0.3, 0.4) is 0 Å². The van der Waals surface area contributed by atoms with E-state index >= 15 is 0 Å². The molecule has 0 amide bonds. The topological polar surface area (TPSA) is 35.5 Å². The van der Waals surface area contributed by atoms with Crippen LogP contribution in [-0.2, 0) is 6.61 Å². The van der Waals surface area contributed by atoms with Gasteiger partial charge < -0.3 is 9.47 Å². The summed E-state index contributed by atoms with van der Waals surface area (Å²) in [6.07, 6.45) is 1.70. The summed E-state index contributed by atoms with van der Waals surface area (Å²) in [7, 11) is 0. The zero-order valence-corrected chi connectivity index (χ0v) is 14.9. The fourth-order valence-electron chi connectivity index (χ4n) is 2.78. The minimum absolute atomic E-state index is 0.0229. The van der Waals surface area contributed by atoms with Gasteiger partial charge in [0.25, 0.3) is 0 Å². The summed E-state index contributed by atoms with van der Waals surface area (Å²) in [5.41, 5.74) is 1.62. The van der Waals surface area contributed by atoms with Gasteiger partial charge in [-0.15, -0.1) is 0 Å². The number of benzene rings is 3. The minimum atomic E-state index is -0.428. The van der Waals surface area contributed by atoms with Gasteiger partial charge in [0.1, 0.15) is 23.9 Å². The second kappa shape index (κ2) is 7.25. The van der Waals surface area contributed by atoms with Crippen molar-refractivity contribution in [1.29, 1.82) is 0 Å². The highest BCUT2D eigenvalue weighted by Crippen LogP contribution is 2.35. The first-order chi connectivity index (χ1) is 13.1. The summed E-state index contributed by atoms with van der Waals surface area (Å²) >= 11 is 6.01. The van der Waals surface area contributed by atoms with Crippen LogP contribution in [0.25, 0.3) is 6.08 Å². The predicted octanol–water partition coefficient (Wildman–Crippen LogP) is 5.67. The van der Waals surface area contributed by atoms with Crippen LogP contribution in [0.15, 0.2) is 72.5 Å². The molecule has 0 spiro atoms. The molecule has 0 atom stereocenters. The van der Waals surface area contributed by atoms with Gasteiger partial charge in [-0.3, -0.25) is 4.79 Å². The van der Waals surface area contributed by atoms with Gasteiger partial charge in [0.2, 0.25) is 5.78 Å². The molecular formula is C22H14ClFO3.